The summed E-state index contributed by atoms with van der Waals surface area (Å²) in [6.07, 6.45) is -3.72. The molecule has 0 bridgehead atoms. The Morgan fingerprint density at radius 1 is 0.976 bits per heavy atom. The molecule has 2 aromatic heterocycles. The first kappa shape index (κ1) is 26.6. The van der Waals surface area contributed by atoms with E-state index in [9.17, 15) is 23.1 Å². The van der Waals surface area contributed by atoms with Crippen LogP contribution >= 0.6 is 0 Å². The number of alkyl halides is 3. The molecule has 1 aliphatic carbocycles. The van der Waals surface area contributed by atoms with E-state index in [1.807, 2.05) is 54.6 Å². The smallest absolute Gasteiger partial charge is 0.402 e. The maximum atomic E-state index is 13.5. The molecule has 12 heteroatoms. The van der Waals surface area contributed by atoms with Crippen LogP contribution in [-0.2, 0) is 17.4 Å². The minimum Gasteiger partial charge on any atom is -0.402 e. The highest BCUT2D eigenvalue weighted by Crippen LogP contribution is 2.36. The number of aromatic nitrogens is 3. The summed E-state index contributed by atoms with van der Waals surface area (Å²) < 4.78 is 46.1. The average molecular weight is 563 g/mol. The molecule has 1 fully saturated rings. The predicted octanol–water partition coefficient (Wildman–Crippen LogP) is 4.88. The van der Waals surface area contributed by atoms with Crippen LogP contribution in [0.5, 0.6) is 0 Å². The molecule has 0 amide bonds. The lowest BCUT2D eigenvalue weighted by Gasteiger charge is -2.20. The van der Waals surface area contributed by atoms with Crippen molar-refractivity contribution in [2.45, 2.75) is 50.2 Å². The number of aliphatic imine (C=N–C) groups is 1. The van der Waals surface area contributed by atoms with Gasteiger partial charge < -0.3 is 20.2 Å². The van der Waals surface area contributed by atoms with Gasteiger partial charge in [-0.1, -0.05) is 59.7 Å². The Morgan fingerprint density at radius 3 is 2.51 bits per heavy atom. The van der Waals surface area contributed by atoms with Crippen LogP contribution in [0.25, 0.3) is 11.6 Å². The van der Waals surface area contributed by atoms with Crippen molar-refractivity contribution in [1.82, 2.24) is 15.2 Å². The van der Waals surface area contributed by atoms with Crippen molar-refractivity contribution >= 4 is 23.2 Å². The van der Waals surface area contributed by atoms with E-state index in [2.05, 4.69) is 25.8 Å². The van der Waals surface area contributed by atoms with Gasteiger partial charge in [-0.2, -0.15) is 13.2 Å². The van der Waals surface area contributed by atoms with Crippen LogP contribution in [0.3, 0.4) is 0 Å². The van der Waals surface area contributed by atoms with Crippen molar-refractivity contribution < 1.29 is 27.5 Å². The van der Waals surface area contributed by atoms with Crippen LogP contribution in [0.2, 0.25) is 0 Å². The van der Waals surface area contributed by atoms with Gasteiger partial charge in [0.15, 0.2) is 17.6 Å². The molecule has 0 radical (unpaired) electrons. The molecule has 2 aliphatic rings. The van der Waals surface area contributed by atoms with Crippen molar-refractivity contribution in [3.05, 3.63) is 89.1 Å². The molecule has 0 saturated heterocycles. The Bertz CT molecular complexity index is 1600. The van der Waals surface area contributed by atoms with Gasteiger partial charge in [0, 0.05) is 23.7 Å². The van der Waals surface area contributed by atoms with Gasteiger partial charge in [0.2, 0.25) is 0 Å². The largest absolute Gasteiger partial charge is 0.417 e. The molecular weight excluding hydrogens is 537 g/mol. The van der Waals surface area contributed by atoms with Crippen molar-refractivity contribution in [2.24, 2.45) is 4.99 Å². The Labute approximate surface area is 232 Å². The second kappa shape index (κ2) is 10.8. The fraction of sp³-hybridized carbons (Fsp3) is 0.276. The molecule has 2 aromatic carbocycles. The molecule has 9 nitrogen and oxygen atoms in total. The van der Waals surface area contributed by atoms with Crippen molar-refractivity contribution in [3.8, 4) is 11.6 Å². The number of Topliss-reactive ketones (excluding diaryl/α,β-unsaturated/α-hetero) is 1. The lowest BCUT2D eigenvalue weighted by atomic mass is 9.96. The standard InChI is InChI=1S/C29H25F3N6O3/c30-29(31,32)18-14-21(34-20-11-6-12-22(20)39)25(33-15-18)27-37-38-28(41-27)36-26-23(40)13-17-9-4-5-10-19(17)24(35-26)16-7-2-1-3-8-16/h1-5,7-10,14-15,20,22,26,34,39H,6,11-13H2,(H,36,38)/t20-,22+,26+/m0/s1. The zero-order valence-corrected chi connectivity index (χ0v) is 21.6. The number of hydrogen-bond donors (Lipinski definition) is 3. The van der Waals surface area contributed by atoms with Crippen LogP contribution in [0, 0.1) is 0 Å². The molecule has 3 atom stereocenters. The number of aliphatic hydroxyl groups is 1. The van der Waals surface area contributed by atoms with Crippen LogP contribution in [0.1, 0.15) is 41.5 Å². The summed E-state index contributed by atoms with van der Waals surface area (Å²) in [7, 11) is 0. The summed E-state index contributed by atoms with van der Waals surface area (Å²) in [5, 5.41) is 24.0. The van der Waals surface area contributed by atoms with Gasteiger partial charge in [0.05, 0.1) is 29.1 Å². The number of halogens is 3. The Balaban J connectivity index is 1.32. The minimum absolute atomic E-state index is 0.00588. The first-order valence-corrected chi connectivity index (χ1v) is 13.1. The number of carbonyl (C=O) groups excluding carboxylic acids is 1. The van der Waals surface area contributed by atoms with E-state index in [1.54, 1.807) is 0 Å². The number of nitrogens with one attached hydrogen (secondary N) is 2. The molecule has 0 spiro atoms. The molecule has 4 aromatic rings. The van der Waals surface area contributed by atoms with Gasteiger partial charge in [-0.25, -0.2) is 4.98 Å². The number of nitrogens with zero attached hydrogens (tertiary/aromatic N) is 4. The Hall–Kier alpha value is -4.58. The number of ketones is 1. The molecule has 41 heavy (non-hydrogen) atoms. The third-order valence-electron chi connectivity index (χ3n) is 7.17. The molecular formula is C29H25F3N6O3. The normalized spacial score (nSPS) is 20.7. The van der Waals surface area contributed by atoms with Crippen LogP contribution < -0.4 is 10.6 Å². The Morgan fingerprint density at radius 2 is 1.76 bits per heavy atom. The Kier molecular flexibility index (Phi) is 7.00. The summed E-state index contributed by atoms with van der Waals surface area (Å²) in [6, 6.07) is 17.3. The quantitative estimate of drug-likeness (QED) is 0.304. The number of carbonyl (C=O) groups is 1. The summed E-state index contributed by atoms with van der Waals surface area (Å²) in [5.41, 5.74) is 2.15. The van der Waals surface area contributed by atoms with Crippen molar-refractivity contribution in [1.29, 1.82) is 0 Å². The third-order valence-corrected chi connectivity index (χ3v) is 7.17. The summed E-state index contributed by atoms with van der Waals surface area (Å²) >= 11 is 0. The number of pyridine rings is 1. The van der Waals surface area contributed by atoms with E-state index < -0.39 is 30.1 Å². The first-order valence-electron chi connectivity index (χ1n) is 13.1. The zero-order chi connectivity index (χ0) is 28.6. The van der Waals surface area contributed by atoms with Crippen molar-refractivity contribution in [3.63, 3.8) is 0 Å². The lowest BCUT2D eigenvalue weighted by Crippen LogP contribution is -2.29. The second-order valence-electron chi connectivity index (χ2n) is 9.97. The van der Waals surface area contributed by atoms with Crippen LogP contribution in [-0.4, -0.2) is 50.1 Å². The van der Waals surface area contributed by atoms with E-state index in [4.69, 9.17) is 9.41 Å². The number of aliphatic hydroxyl groups excluding tert-OH is 1. The van der Waals surface area contributed by atoms with Gasteiger partial charge in [-0.3, -0.25) is 9.79 Å². The van der Waals surface area contributed by atoms with Gasteiger partial charge in [-0.05, 0) is 30.9 Å². The van der Waals surface area contributed by atoms with E-state index in [0.29, 0.717) is 24.8 Å². The molecule has 6 rings (SSSR count). The lowest BCUT2D eigenvalue weighted by molar-refractivity contribution is -0.137. The molecule has 3 heterocycles. The monoisotopic (exact) mass is 562 g/mol. The van der Waals surface area contributed by atoms with Gasteiger partial charge >= 0.3 is 12.2 Å². The molecule has 210 valence electrons. The number of benzene rings is 2. The van der Waals surface area contributed by atoms with E-state index in [0.717, 1.165) is 29.2 Å². The van der Waals surface area contributed by atoms with E-state index >= 15 is 0 Å². The highest BCUT2D eigenvalue weighted by Gasteiger charge is 2.34. The SMILES string of the molecule is O=C1Cc2ccccc2C(c2ccccc2)=N[C@@H]1Nc1nnc(-c2ncc(C(F)(F)F)cc2N[C@H]2CCC[C@H]2O)o1. The van der Waals surface area contributed by atoms with E-state index in [-0.39, 0.29) is 35.5 Å². The molecule has 1 aliphatic heterocycles. The highest BCUT2D eigenvalue weighted by molar-refractivity contribution is 6.16. The summed E-state index contributed by atoms with van der Waals surface area (Å²) in [4.78, 5) is 21.9. The minimum atomic E-state index is -4.62. The number of hydrogen-bond acceptors (Lipinski definition) is 9. The summed E-state index contributed by atoms with van der Waals surface area (Å²) in [6.45, 7) is 0. The van der Waals surface area contributed by atoms with Crippen molar-refractivity contribution in [2.75, 3.05) is 10.6 Å². The topological polar surface area (TPSA) is 126 Å². The fourth-order valence-corrected chi connectivity index (χ4v) is 5.10. The highest BCUT2D eigenvalue weighted by atomic mass is 19.4. The zero-order valence-electron chi connectivity index (χ0n) is 21.6. The number of fused-ring (bicyclic) bond motifs is 1. The van der Waals surface area contributed by atoms with Crippen LogP contribution in [0.4, 0.5) is 24.9 Å². The van der Waals surface area contributed by atoms with Gasteiger partial charge in [0.25, 0.3) is 5.89 Å². The van der Waals surface area contributed by atoms with Crippen LogP contribution in [0.15, 0.2) is 76.3 Å². The average Bonchev–Trinajstić information content (AvgIpc) is 3.56. The van der Waals surface area contributed by atoms with Gasteiger partial charge in [-0.15, -0.1) is 5.10 Å². The van der Waals surface area contributed by atoms with Gasteiger partial charge in [0.1, 0.15) is 0 Å². The summed E-state index contributed by atoms with van der Waals surface area (Å²) in [5.74, 6) is -0.388. The number of rotatable bonds is 6. The predicted molar refractivity (Wildman–Crippen MR) is 144 cm³/mol. The molecule has 1 saturated carbocycles. The maximum absolute atomic E-state index is 13.5. The molecule has 3 N–H and O–H groups in total. The maximum Gasteiger partial charge on any atom is 0.417 e. The number of anilines is 2. The van der Waals surface area contributed by atoms with E-state index in [1.165, 1.54) is 0 Å². The fourth-order valence-electron chi connectivity index (χ4n) is 5.10. The third kappa shape index (κ3) is 5.55. The second-order valence-corrected chi connectivity index (χ2v) is 9.97. The first-order chi connectivity index (χ1) is 19.8. The molecule has 0 unspecified atom stereocenters.